The van der Waals surface area contributed by atoms with E-state index in [1.807, 2.05) is 44.2 Å². The van der Waals surface area contributed by atoms with E-state index in [0.29, 0.717) is 17.1 Å². The summed E-state index contributed by atoms with van der Waals surface area (Å²) in [7, 11) is -3.73. The lowest BCUT2D eigenvalue weighted by Crippen LogP contribution is -2.14. The summed E-state index contributed by atoms with van der Waals surface area (Å²) < 4.78 is 33.4. The van der Waals surface area contributed by atoms with E-state index in [1.54, 1.807) is 25.1 Å². The average molecular weight is 342 g/mol. The van der Waals surface area contributed by atoms with Gasteiger partial charge in [-0.25, -0.2) is 8.42 Å². The van der Waals surface area contributed by atoms with Crippen molar-refractivity contribution in [2.45, 2.75) is 25.7 Å². The number of nitrogens with zero attached hydrogens (tertiary/aromatic N) is 1. The Labute approximate surface area is 141 Å². The first kappa shape index (κ1) is 16.3. The molecule has 2 aromatic carbocycles. The predicted molar refractivity (Wildman–Crippen MR) is 93.4 cm³/mol. The van der Waals surface area contributed by atoms with Crippen LogP contribution in [0.2, 0.25) is 0 Å². The van der Waals surface area contributed by atoms with Crippen LogP contribution in [0.3, 0.4) is 0 Å². The molecule has 5 nitrogen and oxygen atoms in total. The molecule has 24 heavy (non-hydrogen) atoms. The zero-order valence-electron chi connectivity index (χ0n) is 13.7. The van der Waals surface area contributed by atoms with Crippen molar-refractivity contribution >= 4 is 15.7 Å². The SMILES string of the molecule is Cc1ccc(S(=O)(=O)Nc2c(C)noc2-c2ccccc2)cc1C. The van der Waals surface area contributed by atoms with Crippen molar-refractivity contribution in [3.8, 4) is 11.3 Å². The molecular weight excluding hydrogens is 324 g/mol. The normalized spacial score (nSPS) is 11.5. The van der Waals surface area contributed by atoms with Gasteiger partial charge in [0.2, 0.25) is 0 Å². The lowest BCUT2D eigenvalue weighted by Gasteiger charge is -2.10. The summed E-state index contributed by atoms with van der Waals surface area (Å²) >= 11 is 0. The third kappa shape index (κ3) is 3.05. The summed E-state index contributed by atoms with van der Waals surface area (Å²) in [5.41, 5.74) is 3.57. The summed E-state index contributed by atoms with van der Waals surface area (Å²) in [5, 5.41) is 3.90. The van der Waals surface area contributed by atoms with E-state index in [-0.39, 0.29) is 4.90 Å². The summed E-state index contributed by atoms with van der Waals surface area (Å²) in [6, 6.07) is 14.3. The number of sulfonamides is 1. The van der Waals surface area contributed by atoms with Crippen LogP contribution in [-0.2, 0) is 10.0 Å². The molecule has 0 saturated carbocycles. The van der Waals surface area contributed by atoms with Crippen LogP contribution < -0.4 is 4.72 Å². The molecule has 1 aromatic heterocycles. The fourth-order valence-corrected chi connectivity index (χ4v) is 3.56. The molecule has 0 aliphatic rings. The lowest BCUT2D eigenvalue weighted by molar-refractivity contribution is 0.427. The zero-order valence-corrected chi connectivity index (χ0v) is 14.5. The monoisotopic (exact) mass is 342 g/mol. The highest BCUT2D eigenvalue weighted by atomic mass is 32.2. The Hall–Kier alpha value is -2.60. The van der Waals surface area contributed by atoms with E-state index in [2.05, 4.69) is 9.88 Å². The van der Waals surface area contributed by atoms with Crippen LogP contribution in [0.1, 0.15) is 16.8 Å². The smallest absolute Gasteiger partial charge is 0.262 e. The topological polar surface area (TPSA) is 72.2 Å². The largest absolute Gasteiger partial charge is 0.354 e. The van der Waals surface area contributed by atoms with Crippen LogP contribution in [0.5, 0.6) is 0 Å². The number of hydrogen-bond donors (Lipinski definition) is 1. The standard InChI is InChI=1S/C18H18N2O3S/c1-12-9-10-16(11-13(12)2)24(21,22)20-17-14(3)19-23-18(17)15-7-5-4-6-8-15/h4-11,20H,1-3H3. The Morgan fingerprint density at radius 1 is 0.958 bits per heavy atom. The van der Waals surface area contributed by atoms with Crippen LogP contribution in [0, 0.1) is 20.8 Å². The highest BCUT2D eigenvalue weighted by molar-refractivity contribution is 7.92. The van der Waals surface area contributed by atoms with Gasteiger partial charge >= 0.3 is 0 Å². The maximum absolute atomic E-state index is 12.7. The Morgan fingerprint density at radius 2 is 1.67 bits per heavy atom. The molecule has 0 bridgehead atoms. The van der Waals surface area contributed by atoms with Crippen LogP contribution in [0.15, 0.2) is 57.9 Å². The minimum atomic E-state index is -3.73. The quantitative estimate of drug-likeness (QED) is 0.776. The van der Waals surface area contributed by atoms with Gasteiger partial charge in [0.25, 0.3) is 10.0 Å². The van der Waals surface area contributed by atoms with Crippen molar-refractivity contribution in [2.24, 2.45) is 0 Å². The molecule has 3 aromatic rings. The molecule has 3 rings (SSSR count). The summed E-state index contributed by atoms with van der Waals surface area (Å²) in [6.45, 7) is 5.53. The van der Waals surface area contributed by atoms with Crippen LogP contribution >= 0.6 is 0 Å². The molecule has 1 N–H and O–H groups in total. The number of anilines is 1. The van der Waals surface area contributed by atoms with Gasteiger partial charge < -0.3 is 4.52 Å². The molecule has 0 spiro atoms. The van der Waals surface area contributed by atoms with Crippen LogP contribution in [0.4, 0.5) is 5.69 Å². The first-order valence-corrected chi connectivity index (χ1v) is 8.98. The number of hydrogen-bond acceptors (Lipinski definition) is 4. The molecular formula is C18H18N2O3S. The van der Waals surface area contributed by atoms with E-state index < -0.39 is 10.0 Å². The van der Waals surface area contributed by atoms with E-state index >= 15 is 0 Å². The molecule has 0 aliphatic carbocycles. The van der Waals surface area contributed by atoms with Crippen LogP contribution in [-0.4, -0.2) is 13.6 Å². The van der Waals surface area contributed by atoms with Gasteiger partial charge in [-0.3, -0.25) is 4.72 Å². The van der Waals surface area contributed by atoms with Gasteiger partial charge in [-0.1, -0.05) is 41.6 Å². The number of aromatic nitrogens is 1. The van der Waals surface area contributed by atoms with Gasteiger partial charge in [0, 0.05) is 5.56 Å². The number of rotatable bonds is 4. The number of benzene rings is 2. The van der Waals surface area contributed by atoms with Crippen molar-refractivity contribution in [3.63, 3.8) is 0 Å². The molecule has 6 heteroatoms. The van der Waals surface area contributed by atoms with E-state index in [4.69, 9.17) is 4.52 Å². The Kier molecular flexibility index (Phi) is 4.15. The molecule has 0 saturated heterocycles. The van der Waals surface area contributed by atoms with Crippen molar-refractivity contribution in [3.05, 3.63) is 65.4 Å². The second-order valence-corrected chi connectivity index (χ2v) is 7.37. The molecule has 0 fully saturated rings. The number of nitrogens with one attached hydrogen (secondary N) is 1. The zero-order chi connectivity index (χ0) is 17.3. The molecule has 0 atom stereocenters. The second-order valence-electron chi connectivity index (χ2n) is 5.69. The summed E-state index contributed by atoms with van der Waals surface area (Å²) in [6.07, 6.45) is 0. The van der Waals surface area contributed by atoms with Crippen molar-refractivity contribution < 1.29 is 12.9 Å². The van der Waals surface area contributed by atoms with Gasteiger partial charge in [0.05, 0.1) is 4.90 Å². The average Bonchev–Trinajstić information content (AvgIpc) is 2.91. The second kappa shape index (κ2) is 6.13. The minimum Gasteiger partial charge on any atom is -0.354 e. The summed E-state index contributed by atoms with van der Waals surface area (Å²) in [5.74, 6) is 0.403. The third-order valence-corrected chi connectivity index (χ3v) is 5.27. The van der Waals surface area contributed by atoms with Gasteiger partial charge in [-0.2, -0.15) is 0 Å². The molecule has 0 amide bonds. The Balaban J connectivity index is 2.02. The van der Waals surface area contributed by atoms with E-state index in [0.717, 1.165) is 16.7 Å². The Bertz CT molecular complexity index is 977. The predicted octanol–water partition coefficient (Wildman–Crippen LogP) is 4.07. The van der Waals surface area contributed by atoms with Crippen molar-refractivity contribution in [1.29, 1.82) is 0 Å². The highest BCUT2D eigenvalue weighted by Gasteiger charge is 2.22. The third-order valence-electron chi connectivity index (χ3n) is 3.92. The molecule has 124 valence electrons. The Morgan fingerprint density at radius 3 is 2.33 bits per heavy atom. The van der Waals surface area contributed by atoms with Gasteiger partial charge in [-0.15, -0.1) is 0 Å². The van der Waals surface area contributed by atoms with Crippen molar-refractivity contribution in [2.75, 3.05) is 4.72 Å². The molecule has 0 aliphatic heterocycles. The molecule has 0 unspecified atom stereocenters. The lowest BCUT2D eigenvalue weighted by atomic mass is 10.1. The molecule has 0 radical (unpaired) electrons. The molecule has 1 heterocycles. The first-order valence-electron chi connectivity index (χ1n) is 7.50. The number of aryl methyl sites for hydroxylation is 3. The van der Waals surface area contributed by atoms with E-state index in [1.165, 1.54) is 0 Å². The van der Waals surface area contributed by atoms with Gasteiger partial charge in [0.1, 0.15) is 11.4 Å². The van der Waals surface area contributed by atoms with E-state index in [9.17, 15) is 8.42 Å². The summed E-state index contributed by atoms with van der Waals surface area (Å²) in [4.78, 5) is 0.213. The fraction of sp³-hybridized carbons (Fsp3) is 0.167. The van der Waals surface area contributed by atoms with Crippen molar-refractivity contribution in [1.82, 2.24) is 5.16 Å². The van der Waals surface area contributed by atoms with Crippen LogP contribution in [0.25, 0.3) is 11.3 Å². The maximum Gasteiger partial charge on any atom is 0.262 e. The van der Waals surface area contributed by atoms with Gasteiger partial charge in [-0.05, 0) is 44.0 Å². The van der Waals surface area contributed by atoms with Gasteiger partial charge in [0.15, 0.2) is 5.76 Å². The highest BCUT2D eigenvalue weighted by Crippen LogP contribution is 2.32. The minimum absolute atomic E-state index is 0.213. The fourth-order valence-electron chi connectivity index (χ4n) is 2.35. The first-order chi connectivity index (χ1) is 11.4. The maximum atomic E-state index is 12.7.